The molecule has 0 aromatic heterocycles. The summed E-state index contributed by atoms with van der Waals surface area (Å²) in [5, 5.41) is 0. The topological polar surface area (TPSA) is 133 Å². The van der Waals surface area contributed by atoms with Crippen LogP contribution >= 0.6 is 0 Å². The van der Waals surface area contributed by atoms with Gasteiger partial charge in [0.2, 0.25) is 20.0 Å². The van der Waals surface area contributed by atoms with Crippen molar-refractivity contribution in [2.75, 3.05) is 12.0 Å². The molecule has 0 radical (unpaired) electrons. The third-order valence-electron chi connectivity index (χ3n) is 5.38. The Balaban J connectivity index is 1.54. The van der Waals surface area contributed by atoms with E-state index in [0.717, 1.165) is 0 Å². The van der Waals surface area contributed by atoms with Crippen molar-refractivity contribution >= 4 is 31.6 Å². The minimum absolute atomic E-state index is 0.122. The van der Waals surface area contributed by atoms with Gasteiger partial charge in [0, 0.05) is 6.54 Å². The molecule has 0 aliphatic heterocycles. The lowest BCUT2D eigenvalue weighted by atomic mass is 10.1. The molecule has 0 saturated carbocycles. The number of unbranched alkanes of at least 4 members (excludes halogenated alkanes) is 1. The second kappa shape index (κ2) is 13.9. The van der Waals surface area contributed by atoms with Crippen LogP contribution in [0.1, 0.15) is 30.4 Å². The van der Waals surface area contributed by atoms with E-state index >= 15 is 0 Å². The first-order valence-electron chi connectivity index (χ1n) is 11.9. The summed E-state index contributed by atoms with van der Waals surface area (Å²) >= 11 is 0. The first-order valence-corrected chi connectivity index (χ1v) is 15.2. The van der Waals surface area contributed by atoms with Gasteiger partial charge in [-0.25, -0.2) is 26.3 Å². The number of hydrazine groups is 1. The lowest BCUT2D eigenvalue weighted by molar-refractivity contribution is -0.122. The summed E-state index contributed by atoms with van der Waals surface area (Å²) in [6, 6.07) is 25.5. The Hall–Kier alpha value is -3.25. The summed E-state index contributed by atoms with van der Waals surface area (Å²) in [6.45, 7) is 0.183. The van der Waals surface area contributed by atoms with Gasteiger partial charge in [0.1, 0.15) is 6.04 Å². The van der Waals surface area contributed by atoms with Crippen molar-refractivity contribution in [1.29, 1.82) is 0 Å². The van der Waals surface area contributed by atoms with E-state index in [1.54, 1.807) is 78.9 Å². The second-order valence-electron chi connectivity index (χ2n) is 8.53. The number of hydrogen-bond donors (Lipinski definition) is 4. The molecule has 1 amide bonds. The lowest BCUT2D eigenvalue weighted by Crippen LogP contribution is -2.48. The van der Waals surface area contributed by atoms with Gasteiger partial charge >= 0.3 is 0 Å². The molecule has 1 unspecified atom stereocenters. The smallest absolute Gasteiger partial charge is 0.256 e. The predicted molar refractivity (Wildman–Crippen MR) is 145 cm³/mol. The van der Waals surface area contributed by atoms with Gasteiger partial charge in [0.25, 0.3) is 5.91 Å². The van der Waals surface area contributed by atoms with Crippen LogP contribution < -0.4 is 20.3 Å². The maximum absolute atomic E-state index is 12.9. The Morgan fingerprint density at radius 3 is 1.76 bits per heavy atom. The Morgan fingerprint density at radius 1 is 0.676 bits per heavy atom. The number of anilines is 1. The molecule has 1 atom stereocenters. The maximum atomic E-state index is 12.9. The van der Waals surface area contributed by atoms with E-state index in [9.17, 15) is 21.6 Å². The first kappa shape index (κ1) is 28.3. The van der Waals surface area contributed by atoms with Crippen molar-refractivity contribution < 1.29 is 21.6 Å². The van der Waals surface area contributed by atoms with E-state index in [-0.39, 0.29) is 24.5 Å². The molecule has 0 aliphatic rings. The molecule has 198 valence electrons. The predicted octanol–water partition coefficient (Wildman–Crippen LogP) is 2.91. The second-order valence-corrected chi connectivity index (χ2v) is 12.1. The van der Waals surface area contributed by atoms with Crippen LogP contribution in [0, 0.1) is 0 Å². The van der Waals surface area contributed by atoms with Crippen LogP contribution in [-0.2, 0) is 36.3 Å². The molecule has 9 nitrogen and oxygen atoms in total. The Bertz CT molecular complexity index is 1320. The van der Waals surface area contributed by atoms with Crippen LogP contribution in [0.25, 0.3) is 0 Å². The van der Waals surface area contributed by atoms with Crippen molar-refractivity contribution in [2.45, 2.75) is 36.8 Å². The van der Waals surface area contributed by atoms with Crippen LogP contribution in [-0.4, -0.2) is 35.3 Å². The zero-order valence-electron chi connectivity index (χ0n) is 20.3. The third kappa shape index (κ3) is 10.7. The van der Waals surface area contributed by atoms with Crippen molar-refractivity contribution in [3.05, 3.63) is 102 Å². The summed E-state index contributed by atoms with van der Waals surface area (Å²) in [5.74, 6) is -0.920. The number of para-hydroxylation sites is 1. The van der Waals surface area contributed by atoms with Crippen molar-refractivity contribution in [3.8, 4) is 0 Å². The number of nitrogens with one attached hydrogen (secondary N) is 4. The minimum atomic E-state index is -3.81. The van der Waals surface area contributed by atoms with Crippen LogP contribution in [0.15, 0.2) is 91.0 Å². The minimum Gasteiger partial charge on any atom is -0.299 e. The van der Waals surface area contributed by atoms with E-state index in [1.165, 1.54) is 0 Å². The summed E-state index contributed by atoms with van der Waals surface area (Å²) < 4.78 is 55.2. The zero-order chi connectivity index (χ0) is 26.6. The van der Waals surface area contributed by atoms with Gasteiger partial charge in [-0.3, -0.25) is 15.6 Å². The molecule has 11 heteroatoms. The first-order chi connectivity index (χ1) is 17.7. The fourth-order valence-corrected chi connectivity index (χ4v) is 6.15. The SMILES string of the molecule is O=C(NNc1ccccc1)C(CCCCNS(=O)(=O)Cc1ccccc1)NS(=O)(=O)Cc1ccccc1. The molecule has 0 fully saturated rings. The number of sulfonamides is 2. The molecule has 0 spiro atoms. The third-order valence-corrected chi connectivity index (χ3v) is 8.10. The highest BCUT2D eigenvalue weighted by Gasteiger charge is 2.24. The number of rotatable bonds is 15. The standard InChI is InChI=1S/C26H32N4O5S2/c31-26(29-28-24-16-8-3-9-17-24)25(30-37(34,35)21-23-14-6-2-7-15-23)18-10-11-19-27-36(32,33)20-22-12-4-1-5-13-22/h1-9,12-17,25,27-28,30H,10-11,18-21H2,(H,29,31). The van der Waals surface area contributed by atoms with E-state index in [4.69, 9.17) is 0 Å². The summed E-state index contributed by atoms with van der Waals surface area (Å²) in [5.41, 5.74) is 7.26. The monoisotopic (exact) mass is 544 g/mol. The zero-order valence-corrected chi connectivity index (χ0v) is 22.0. The highest BCUT2D eigenvalue weighted by molar-refractivity contribution is 7.89. The largest absolute Gasteiger partial charge is 0.299 e. The van der Waals surface area contributed by atoms with E-state index in [1.807, 2.05) is 12.1 Å². The molecule has 37 heavy (non-hydrogen) atoms. The van der Waals surface area contributed by atoms with Crippen molar-refractivity contribution in [2.24, 2.45) is 0 Å². The van der Waals surface area contributed by atoms with E-state index in [2.05, 4.69) is 20.3 Å². The fraction of sp³-hybridized carbons (Fsp3) is 0.269. The van der Waals surface area contributed by atoms with Gasteiger partial charge in [-0.05, 0) is 36.1 Å². The molecule has 0 heterocycles. The average molecular weight is 545 g/mol. The quantitative estimate of drug-likeness (QED) is 0.172. The molecule has 3 rings (SSSR count). The van der Waals surface area contributed by atoms with Crippen LogP contribution in [0.3, 0.4) is 0 Å². The van der Waals surface area contributed by atoms with E-state index < -0.39 is 32.0 Å². The van der Waals surface area contributed by atoms with Gasteiger partial charge in [0.15, 0.2) is 0 Å². The van der Waals surface area contributed by atoms with E-state index in [0.29, 0.717) is 29.7 Å². The number of carbonyl (C=O) groups is 1. The Labute approximate surface area is 218 Å². The number of hydrogen-bond acceptors (Lipinski definition) is 6. The summed E-state index contributed by atoms with van der Waals surface area (Å²) in [7, 11) is -7.32. The fourth-order valence-electron chi connectivity index (χ4n) is 3.58. The van der Waals surface area contributed by atoms with Crippen LogP contribution in [0.2, 0.25) is 0 Å². The Kier molecular flexibility index (Phi) is 10.6. The average Bonchev–Trinajstić information content (AvgIpc) is 2.87. The molecule has 0 aliphatic carbocycles. The summed E-state index contributed by atoms with van der Waals surface area (Å²) in [6.07, 6.45) is 1.05. The lowest BCUT2D eigenvalue weighted by Gasteiger charge is -2.19. The number of benzene rings is 3. The molecule has 0 saturated heterocycles. The molecular weight excluding hydrogens is 512 g/mol. The number of carbonyl (C=O) groups excluding carboxylic acids is 1. The van der Waals surface area contributed by atoms with Crippen molar-refractivity contribution in [1.82, 2.24) is 14.9 Å². The normalized spacial score (nSPS) is 12.5. The summed E-state index contributed by atoms with van der Waals surface area (Å²) in [4.78, 5) is 12.9. The van der Waals surface area contributed by atoms with Gasteiger partial charge < -0.3 is 0 Å². The molecule has 3 aromatic rings. The van der Waals surface area contributed by atoms with Crippen LogP contribution in [0.5, 0.6) is 0 Å². The number of amides is 1. The molecule has 3 aromatic carbocycles. The molecular formula is C26H32N4O5S2. The highest BCUT2D eigenvalue weighted by Crippen LogP contribution is 2.10. The van der Waals surface area contributed by atoms with Crippen LogP contribution in [0.4, 0.5) is 5.69 Å². The van der Waals surface area contributed by atoms with Gasteiger partial charge in [-0.2, -0.15) is 0 Å². The van der Waals surface area contributed by atoms with Gasteiger partial charge in [-0.15, -0.1) is 0 Å². The molecule has 0 bridgehead atoms. The maximum Gasteiger partial charge on any atom is 0.256 e. The Morgan fingerprint density at radius 2 is 1.19 bits per heavy atom. The molecule has 4 N–H and O–H groups in total. The van der Waals surface area contributed by atoms with Gasteiger partial charge in [0.05, 0.1) is 17.2 Å². The van der Waals surface area contributed by atoms with Gasteiger partial charge in [-0.1, -0.05) is 85.3 Å². The van der Waals surface area contributed by atoms with Crippen molar-refractivity contribution in [3.63, 3.8) is 0 Å². The highest BCUT2D eigenvalue weighted by atomic mass is 32.2.